The number of benzene rings is 2. The van der Waals surface area contributed by atoms with E-state index in [0.29, 0.717) is 11.6 Å². The van der Waals surface area contributed by atoms with Crippen molar-refractivity contribution in [1.82, 2.24) is 4.57 Å². The molecule has 2 N–H and O–H groups in total. The first kappa shape index (κ1) is 21.2. The molecule has 4 nitrogen and oxygen atoms in total. The van der Waals surface area contributed by atoms with Crippen LogP contribution in [0.1, 0.15) is 72.7 Å². The number of carbonyl (C=O) groups is 1. The highest BCUT2D eigenvalue weighted by Crippen LogP contribution is 2.39. The van der Waals surface area contributed by atoms with E-state index in [-0.39, 0.29) is 5.91 Å². The summed E-state index contributed by atoms with van der Waals surface area (Å²) in [4.78, 5) is 12.5. The van der Waals surface area contributed by atoms with Crippen molar-refractivity contribution < 1.29 is 9.53 Å². The lowest BCUT2D eigenvalue weighted by Crippen LogP contribution is -2.16. The van der Waals surface area contributed by atoms with Crippen LogP contribution in [0.5, 0.6) is 11.5 Å². The van der Waals surface area contributed by atoms with Gasteiger partial charge in [0.25, 0.3) is 5.91 Å². The second-order valence-corrected chi connectivity index (χ2v) is 8.60. The summed E-state index contributed by atoms with van der Waals surface area (Å²) in [5.41, 5.74) is 10.5. The van der Waals surface area contributed by atoms with Gasteiger partial charge >= 0.3 is 0 Å². The minimum atomic E-state index is -0.366. The Morgan fingerprint density at radius 1 is 0.871 bits per heavy atom. The molecule has 0 bridgehead atoms. The van der Waals surface area contributed by atoms with Crippen LogP contribution in [0.2, 0.25) is 0 Å². The number of aromatic nitrogens is 1. The molecule has 0 spiro atoms. The van der Waals surface area contributed by atoms with Crippen molar-refractivity contribution in [3.63, 3.8) is 0 Å². The van der Waals surface area contributed by atoms with Gasteiger partial charge in [-0.25, -0.2) is 0 Å². The lowest BCUT2D eigenvalue weighted by Gasteiger charge is -2.25. The van der Waals surface area contributed by atoms with E-state index < -0.39 is 0 Å². The lowest BCUT2D eigenvalue weighted by atomic mass is 9.96. The van der Waals surface area contributed by atoms with Gasteiger partial charge in [0.05, 0.1) is 5.56 Å². The summed E-state index contributed by atoms with van der Waals surface area (Å²) in [6, 6.07) is 18.1. The largest absolute Gasteiger partial charge is 0.457 e. The Labute approximate surface area is 185 Å². The Morgan fingerprint density at radius 3 is 2.19 bits per heavy atom. The van der Waals surface area contributed by atoms with Gasteiger partial charge in [0, 0.05) is 23.0 Å². The molecule has 1 heterocycles. The van der Waals surface area contributed by atoms with Gasteiger partial charge in [0.1, 0.15) is 11.5 Å². The van der Waals surface area contributed by atoms with Crippen molar-refractivity contribution in [2.45, 2.75) is 64.8 Å². The Morgan fingerprint density at radius 2 is 1.52 bits per heavy atom. The van der Waals surface area contributed by atoms with Crippen molar-refractivity contribution in [3.05, 3.63) is 71.5 Å². The number of amides is 1. The molecule has 4 heteroatoms. The average molecular weight is 417 g/mol. The third-order valence-corrected chi connectivity index (χ3v) is 6.48. The Bertz CT molecular complexity index is 1040. The molecule has 3 aromatic rings. The van der Waals surface area contributed by atoms with Crippen molar-refractivity contribution in [3.8, 4) is 22.6 Å². The quantitative estimate of drug-likeness (QED) is 0.489. The maximum atomic E-state index is 12.5. The molecule has 0 radical (unpaired) electrons. The maximum absolute atomic E-state index is 12.5. The molecule has 1 aliphatic carbocycles. The minimum absolute atomic E-state index is 0.366. The molecular weight excluding hydrogens is 384 g/mol. The van der Waals surface area contributed by atoms with Crippen LogP contribution < -0.4 is 10.5 Å². The van der Waals surface area contributed by atoms with E-state index in [1.807, 2.05) is 61.5 Å². The summed E-state index contributed by atoms with van der Waals surface area (Å²) in [5, 5.41) is 0. The minimum Gasteiger partial charge on any atom is -0.457 e. The van der Waals surface area contributed by atoms with Gasteiger partial charge in [-0.15, -0.1) is 0 Å². The van der Waals surface area contributed by atoms with Gasteiger partial charge in [-0.1, -0.05) is 62.4 Å². The van der Waals surface area contributed by atoms with Gasteiger partial charge in [0.15, 0.2) is 0 Å². The monoisotopic (exact) mass is 416 g/mol. The van der Waals surface area contributed by atoms with Crippen LogP contribution >= 0.6 is 0 Å². The molecule has 4 rings (SSSR count). The van der Waals surface area contributed by atoms with E-state index in [2.05, 4.69) is 11.5 Å². The highest BCUT2D eigenvalue weighted by atomic mass is 16.5. The van der Waals surface area contributed by atoms with Gasteiger partial charge in [-0.05, 0) is 56.5 Å². The number of hydrogen-bond acceptors (Lipinski definition) is 2. The molecule has 0 saturated heterocycles. The standard InChI is InChI=1S/C27H32N2O2/c1-19-25(21-12-11-17-24(18-21)31-23-15-9-6-10-16-23)26(27(28)30)20(2)29(19)22-13-7-4-3-5-8-14-22/h6,9-12,15-18,22H,3-5,7-8,13-14H2,1-2H3,(H2,28,30). The zero-order valence-electron chi connectivity index (χ0n) is 18.6. The van der Waals surface area contributed by atoms with Gasteiger partial charge in [-0.2, -0.15) is 0 Å². The summed E-state index contributed by atoms with van der Waals surface area (Å²) < 4.78 is 8.42. The van der Waals surface area contributed by atoms with Gasteiger partial charge in [0.2, 0.25) is 0 Å². The smallest absolute Gasteiger partial charge is 0.251 e. The number of hydrogen-bond donors (Lipinski definition) is 1. The third kappa shape index (κ3) is 4.53. The molecule has 0 aliphatic heterocycles. The first-order valence-corrected chi connectivity index (χ1v) is 11.4. The van der Waals surface area contributed by atoms with Crippen LogP contribution in [0, 0.1) is 13.8 Å². The number of nitrogens with two attached hydrogens (primary N) is 1. The Balaban J connectivity index is 1.76. The summed E-state index contributed by atoms with van der Waals surface area (Å²) in [7, 11) is 0. The molecule has 1 fully saturated rings. The fraction of sp³-hybridized carbons (Fsp3) is 0.370. The fourth-order valence-electron chi connectivity index (χ4n) is 5.09. The Hall–Kier alpha value is -3.01. The first-order valence-electron chi connectivity index (χ1n) is 11.4. The van der Waals surface area contributed by atoms with Crippen LogP contribution in [0.4, 0.5) is 0 Å². The number of primary amides is 1. The van der Waals surface area contributed by atoms with Crippen molar-refractivity contribution >= 4 is 5.91 Å². The normalized spacial score (nSPS) is 15.3. The van der Waals surface area contributed by atoms with E-state index in [9.17, 15) is 4.79 Å². The van der Waals surface area contributed by atoms with Crippen LogP contribution in [-0.4, -0.2) is 10.5 Å². The van der Waals surface area contributed by atoms with E-state index in [4.69, 9.17) is 10.5 Å². The molecule has 0 unspecified atom stereocenters. The predicted molar refractivity (Wildman–Crippen MR) is 126 cm³/mol. The maximum Gasteiger partial charge on any atom is 0.251 e. The highest BCUT2D eigenvalue weighted by Gasteiger charge is 2.26. The van der Waals surface area contributed by atoms with Gasteiger partial charge < -0.3 is 15.0 Å². The van der Waals surface area contributed by atoms with E-state index >= 15 is 0 Å². The van der Waals surface area contributed by atoms with E-state index in [1.54, 1.807) is 0 Å². The number of rotatable bonds is 5. The topological polar surface area (TPSA) is 57.3 Å². The molecule has 0 atom stereocenters. The molecule has 1 aromatic heterocycles. The predicted octanol–water partition coefficient (Wildman–Crippen LogP) is 6.95. The van der Waals surface area contributed by atoms with Crippen molar-refractivity contribution in [2.24, 2.45) is 5.73 Å². The SMILES string of the molecule is Cc1c(C(N)=O)c(-c2cccc(Oc3ccccc3)c2)c(C)n1C1CCCCCCC1. The molecular formula is C27H32N2O2. The summed E-state index contributed by atoms with van der Waals surface area (Å²) in [6.07, 6.45) is 8.72. The summed E-state index contributed by atoms with van der Waals surface area (Å²) >= 11 is 0. The summed E-state index contributed by atoms with van der Waals surface area (Å²) in [6.45, 7) is 4.16. The Kier molecular flexibility index (Phi) is 6.45. The van der Waals surface area contributed by atoms with Crippen LogP contribution in [0.15, 0.2) is 54.6 Å². The van der Waals surface area contributed by atoms with E-state index in [0.717, 1.165) is 46.9 Å². The zero-order valence-corrected chi connectivity index (χ0v) is 18.6. The van der Waals surface area contributed by atoms with Crippen LogP contribution in [-0.2, 0) is 0 Å². The molecule has 1 aliphatic rings. The number of ether oxygens (including phenoxy) is 1. The zero-order chi connectivity index (χ0) is 21.8. The van der Waals surface area contributed by atoms with E-state index in [1.165, 1.54) is 32.1 Å². The molecule has 2 aromatic carbocycles. The van der Waals surface area contributed by atoms with Crippen LogP contribution in [0.3, 0.4) is 0 Å². The first-order chi connectivity index (χ1) is 15.1. The second-order valence-electron chi connectivity index (χ2n) is 8.60. The average Bonchev–Trinajstić information content (AvgIpc) is 3.00. The second kappa shape index (κ2) is 9.42. The van der Waals surface area contributed by atoms with Crippen LogP contribution in [0.25, 0.3) is 11.1 Å². The van der Waals surface area contributed by atoms with Crippen molar-refractivity contribution in [1.29, 1.82) is 0 Å². The lowest BCUT2D eigenvalue weighted by molar-refractivity contribution is 0.1000. The molecule has 1 amide bonds. The summed E-state index contributed by atoms with van der Waals surface area (Å²) in [5.74, 6) is 1.17. The number of nitrogens with zero attached hydrogens (tertiary/aromatic N) is 1. The van der Waals surface area contributed by atoms with Crippen molar-refractivity contribution in [2.75, 3.05) is 0 Å². The van der Waals surface area contributed by atoms with Gasteiger partial charge in [-0.3, -0.25) is 4.79 Å². The molecule has 162 valence electrons. The third-order valence-electron chi connectivity index (χ3n) is 6.48. The number of carbonyl (C=O) groups excluding carboxylic acids is 1. The highest BCUT2D eigenvalue weighted by molar-refractivity contribution is 6.02. The number of para-hydroxylation sites is 1. The molecule has 1 saturated carbocycles. The fourth-order valence-corrected chi connectivity index (χ4v) is 5.09. The molecule has 31 heavy (non-hydrogen) atoms.